The molecule has 0 fully saturated rings. The Kier molecular flexibility index (Phi) is 7.63. The molecule has 0 aliphatic heterocycles. The molecule has 0 spiro atoms. The van der Waals surface area contributed by atoms with Crippen molar-refractivity contribution in [3.05, 3.63) is 71.2 Å². The molecule has 1 heterocycles. The zero-order valence-corrected chi connectivity index (χ0v) is 17.5. The molecule has 0 saturated carbocycles. The number of nitrogens with zero attached hydrogens (tertiary/aromatic N) is 1. The van der Waals surface area contributed by atoms with Gasteiger partial charge >= 0.3 is 0 Å². The van der Waals surface area contributed by atoms with Crippen LogP contribution < -0.4 is 10.6 Å². The minimum Gasteiger partial charge on any atom is -0.441 e. The quantitative estimate of drug-likeness (QED) is 0.483. The maximum atomic E-state index is 12.0. The summed E-state index contributed by atoms with van der Waals surface area (Å²) in [5, 5.41) is 6.23. The van der Waals surface area contributed by atoms with Gasteiger partial charge in [-0.2, -0.15) is 0 Å². The van der Waals surface area contributed by atoms with Crippen molar-refractivity contribution in [2.45, 2.75) is 32.6 Å². The fourth-order valence-electron chi connectivity index (χ4n) is 2.82. The summed E-state index contributed by atoms with van der Waals surface area (Å²) in [6, 6.07) is 14.9. The monoisotopic (exact) mass is 425 g/mol. The topological polar surface area (TPSA) is 84.2 Å². The molecule has 2 aromatic carbocycles. The van der Waals surface area contributed by atoms with E-state index < -0.39 is 0 Å². The lowest BCUT2D eigenvalue weighted by atomic mass is 10.1. The van der Waals surface area contributed by atoms with Crippen LogP contribution in [0.25, 0.3) is 11.3 Å². The van der Waals surface area contributed by atoms with Crippen LogP contribution in [0.1, 0.15) is 30.7 Å². The minimum atomic E-state index is -0.102. The van der Waals surface area contributed by atoms with E-state index in [1.165, 1.54) is 5.56 Å². The number of halogens is 1. The molecule has 6 nitrogen and oxygen atoms in total. The summed E-state index contributed by atoms with van der Waals surface area (Å²) >= 11 is 5.82. The predicted molar refractivity (Wildman–Crippen MR) is 117 cm³/mol. The maximum Gasteiger partial charge on any atom is 0.224 e. The molecule has 0 aliphatic carbocycles. The average molecular weight is 426 g/mol. The first-order chi connectivity index (χ1) is 14.5. The molecule has 2 amide bonds. The summed E-state index contributed by atoms with van der Waals surface area (Å²) in [5.41, 5.74) is 2.84. The molecule has 0 radical (unpaired) electrons. The van der Waals surface area contributed by atoms with E-state index in [2.05, 4.69) is 15.6 Å². The van der Waals surface area contributed by atoms with Crippen LogP contribution in [0.5, 0.6) is 0 Å². The van der Waals surface area contributed by atoms with Crippen molar-refractivity contribution in [1.29, 1.82) is 0 Å². The Hall–Kier alpha value is -3.12. The van der Waals surface area contributed by atoms with E-state index in [9.17, 15) is 9.59 Å². The summed E-state index contributed by atoms with van der Waals surface area (Å²) in [7, 11) is 0. The van der Waals surface area contributed by atoms with E-state index in [4.69, 9.17) is 16.0 Å². The third-order valence-corrected chi connectivity index (χ3v) is 4.74. The summed E-state index contributed by atoms with van der Waals surface area (Å²) in [5.74, 6) is 1.03. The zero-order valence-electron chi connectivity index (χ0n) is 16.8. The highest BCUT2D eigenvalue weighted by atomic mass is 35.5. The smallest absolute Gasteiger partial charge is 0.224 e. The molecule has 0 atom stereocenters. The Morgan fingerprint density at radius 2 is 1.73 bits per heavy atom. The molecule has 0 aliphatic rings. The predicted octanol–water partition coefficient (Wildman–Crippen LogP) is 4.77. The van der Waals surface area contributed by atoms with Crippen molar-refractivity contribution >= 4 is 29.1 Å². The number of nitrogens with one attached hydrogen (secondary N) is 2. The van der Waals surface area contributed by atoms with Gasteiger partial charge in [0, 0.05) is 42.1 Å². The van der Waals surface area contributed by atoms with E-state index in [1.807, 2.05) is 31.2 Å². The van der Waals surface area contributed by atoms with Crippen LogP contribution in [0.2, 0.25) is 5.02 Å². The zero-order chi connectivity index (χ0) is 21.3. The second-order valence-electron chi connectivity index (χ2n) is 6.99. The third kappa shape index (κ3) is 6.74. The number of oxazole rings is 1. The third-order valence-electron chi connectivity index (χ3n) is 4.49. The number of hydrogen-bond acceptors (Lipinski definition) is 4. The van der Waals surface area contributed by atoms with Gasteiger partial charge in [-0.15, -0.1) is 0 Å². The Morgan fingerprint density at radius 3 is 2.47 bits per heavy atom. The molecule has 3 aromatic rings. The van der Waals surface area contributed by atoms with Gasteiger partial charge in [-0.1, -0.05) is 41.4 Å². The SMILES string of the molecule is Cc1ccc(-c2cnc(CCC(=O)NCCCC(=O)Nc3ccc(Cl)cc3)o2)cc1. The van der Waals surface area contributed by atoms with Crippen LogP contribution in [0.3, 0.4) is 0 Å². The van der Waals surface area contributed by atoms with E-state index >= 15 is 0 Å². The highest BCUT2D eigenvalue weighted by Crippen LogP contribution is 2.21. The van der Waals surface area contributed by atoms with Gasteiger partial charge in [0.15, 0.2) is 11.7 Å². The lowest BCUT2D eigenvalue weighted by Crippen LogP contribution is -2.25. The summed E-state index contributed by atoms with van der Waals surface area (Å²) < 4.78 is 5.73. The number of rotatable bonds is 9. The van der Waals surface area contributed by atoms with Crippen molar-refractivity contribution in [3.8, 4) is 11.3 Å². The first-order valence-corrected chi connectivity index (χ1v) is 10.2. The summed E-state index contributed by atoms with van der Waals surface area (Å²) in [4.78, 5) is 28.2. The van der Waals surface area contributed by atoms with Crippen molar-refractivity contribution < 1.29 is 14.0 Å². The fraction of sp³-hybridized carbons (Fsp3) is 0.261. The molecule has 156 valence electrons. The molecule has 7 heteroatoms. The maximum absolute atomic E-state index is 12.0. The normalized spacial score (nSPS) is 10.6. The van der Waals surface area contributed by atoms with Gasteiger partial charge in [0.05, 0.1) is 6.20 Å². The fourth-order valence-corrected chi connectivity index (χ4v) is 2.95. The average Bonchev–Trinajstić information content (AvgIpc) is 3.21. The molecule has 3 rings (SSSR count). The van der Waals surface area contributed by atoms with Gasteiger partial charge in [0.25, 0.3) is 0 Å². The first-order valence-electron chi connectivity index (χ1n) is 9.83. The van der Waals surface area contributed by atoms with Crippen LogP contribution >= 0.6 is 11.6 Å². The number of benzene rings is 2. The number of aryl methyl sites for hydroxylation is 2. The van der Waals surface area contributed by atoms with Crippen molar-refractivity contribution in [1.82, 2.24) is 10.3 Å². The Morgan fingerprint density at radius 1 is 1.00 bits per heavy atom. The number of anilines is 1. The van der Waals surface area contributed by atoms with Gasteiger partial charge in [-0.3, -0.25) is 9.59 Å². The van der Waals surface area contributed by atoms with E-state index in [0.717, 1.165) is 5.56 Å². The molecule has 0 unspecified atom stereocenters. The lowest BCUT2D eigenvalue weighted by Gasteiger charge is -2.06. The first kappa shape index (κ1) is 21.6. The minimum absolute atomic E-state index is 0.0943. The standard InChI is InChI=1S/C23H24ClN3O3/c1-16-4-6-17(7-5-16)20-15-26-23(30-20)13-12-21(28)25-14-2-3-22(29)27-19-10-8-18(24)9-11-19/h4-11,15H,2-3,12-14H2,1H3,(H,25,28)(H,27,29). The largest absolute Gasteiger partial charge is 0.441 e. The number of aromatic nitrogens is 1. The second kappa shape index (κ2) is 10.6. The molecule has 0 bridgehead atoms. The van der Waals surface area contributed by atoms with Crippen LogP contribution in [-0.2, 0) is 16.0 Å². The van der Waals surface area contributed by atoms with Crippen molar-refractivity contribution in [3.63, 3.8) is 0 Å². The summed E-state index contributed by atoms with van der Waals surface area (Å²) in [6.07, 6.45) is 3.26. The van der Waals surface area contributed by atoms with Gasteiger partial charge < -0.3 is 15.1 Å². The van der Waals surface area contributed by atoms with Crippen molar-refractivity contribution in [2.24, 2.45) is 0 Å². The van der Waals surface area contributed by atoms with E-state index in [1.54, 1.807) is 30.5 Å². The Labute approximate surface area is 180 Å². The van der Waals surface area contributed by atoms with Gasteiger partial charge in [0.1, 0.15) is 0 Å². The number of carbonyl (C=O) groups is 2. The highest BCUT2D eigenvalue weighted by Gasteiger charge is 2.09. The molecular weight excluding hydrogens is 402 g/mol. The highest BCUT2D eigenvalue weighted by molar-refractivity contribution is 6.30. The van der Waals surface area contributed by atoms with Crippen LogP contribution in [0.15, 0.2) is 59.1 Å². The van der Waals surface area contributed by atoms with E-state index in [0.29, 0.717) is 48.2 Å². The molecule has 30 heavy (non-hydrogen) atoms. The molecule has 2 N–H and O–H groups in total. The van der Waals surface area contributed by atoms with Crippen molar-refractivity contribution in [2.75, 3.05) is 11.9 Å². The Bertz CT molecular complexity index is 982. The lowest BCUT2D eigenvalue weighted by molar-refractivity contribution is -0.121. The van der Waals surface area contributed by atoms with Gasteiger partial charge in [-0.25, -0.2) is 4.98 Å². The molecular formula is C23H24ClN3O3. The molecule has 0 saturated heterocycles. The van der Waals surface area contributed by atoms with Gasteiger partial charge in [0.2, 0.25) is 11.8 Å². The number of amides is 2. The second-order valence-corrected chi connectivity index (χ2v) is 7.43. The number of hydrogen-bond donors (Lipinski definition) is 2. The number of carbonyl (C=O) groups excluding carboxylic acids is 2. The van der Waals surface area contributed by atoms with Crippen LogP contribution in [-0.4, -0.2) is 23.3 Å². The van der Waals surface area contributed by atoms with Gasteiger partial charge in [-0.05, 0) is 37.6 Å². The van der Waals surface area contributed by atoms with E-state index in [-0.39, 0.29) is 18.2 Å². The van der Waals surface area contributed by atoms with Crippen LogP contribution in [0, 0.1) is 6.92 Å². The summed E-state index contributed by atoms with van der Waals surface area (Å²) in [6.45, 7) is 2.47. The molecule has 1 aromatic heterocycles. The Balaban J connectivity index is 1.33. The van der Waals surface area contributed by atoms with Crippen LogP contribution in [0.4, 0.5) is 5.69 Å².